The molecule has 1 aliphatic rings. The normalized spacial score (nSPS) is 18.0. The third-order valence-corrected chi connectivity index (χ3v) is 5.64. The lowest BCUT2D eigenvalue weighted by molar-refractivity contribution is -0.136. The number of nitrogens with zero attached hydrogens (tertiary/aromatic N) is 4. The number of aromatic nitrogens is 2. The Morgan fingerprint density at radius 2 is 2.04 bits per heavy atom. The lowest BCUT2D eigenvalue weighted by atomic mass is 9.88. The van der Waals surface area contributed by atoms with Crippen LogP contribution in [0.3, 0.4) is 0 Å². The molecule has 0 bridgehead atoms. The van der Waals surface area contributed by atoms with E-state index < -0.39 is 0 Å². The van der Waals surface area contributed by atoms with Crippen molar-refractivity contribution in [1.82, 2.24) is 19.8 Å². The number of anilines is 1. The average Bonchev–Trinajstić information content (AvgIpc) is 3.16. The van der Waals surface area contributed by atoms with Gasteiger partial charge in [0.25, 0.3) is 0 Å². The number of benzene rings is 1. The van der Waals surface area contributed by atoms with Gasteiger partial charge in [0.1, 0.15) is 11.6 Å². The molecule has 0 unspecified atom stereocenters. The summed E-state index contributed by atoms with van der Waals surface area (Å²) in [6.07, 6.45) is 3.46. The highest BCUT2D eigenvalue weighted by atomic mass is 16.2. The van der Waals surface area contributed by atoms with Crippen LogP contribution in [-0.4, -0.2) is 51.9 Å². The second-order valence-corrected chi connectivity index (χ2v) is 8.08. The summed E-state index contributed by atoms with van der Waals surface area (Å²) < 4.78 is 0. The van der Waals surface area contributed by atoms with Gasteiger partial charge in [-0.1, -0.05) is 44.2 Å². The van der Waals surface area contributed by atoms with Gasteiger partial charge >= 0.3 is 0 Å². The molecule has 6 nitrogen and oxygen atoms in total. The number of carbonyl (C=O) groups excluding carboxylic acids is 1. The molecule has 28 heavy (non-hydrogen) atoms. The highest BCUT2D eigenvalue weighted by molar-refractivity contribution is 5.79. The topological polar surface area (TPSA) is 75.4 Å². The molecular formula is C22H31N5O. The van der Waals surface area contributed by atoms with Crippen LogP contribution in [0.4, 0.5) is 5.82 Å². The maximum atomic E-state index is 13.2. The fourth-order valence-corrected chi connectivity index (χ4v) is 3.86. The molecule has 0 radical (unpaired) electrons. The monoisotopic (exact) mass is 381 g/mol. The van der Waals surface area contributed by atoms with Crippen molar-refractivity contribution in [2.24, 2.45) is 11.8 Å². The van der Waals surface area contributed by atoms with Crippen LogP contribution in [0.15, 0.2) is 42.6 Å². The van der Waals surface area contributed by atoms with Crippen molar-refractivity contribution in [3.63, 3.8) is 0 Å². The summed E-state index contributed by atoms with van der Waals surface area (Å²) in [4.78, 5) is 26.1. The second kappa shape index (κ2) is 9.15. The predicted molar refractivity (Wildman–Crippen MR) is 111 cm³/mol. The Morgan fingerprint density at radius 1 is 1.29 bits per heavy atom. The van der Waals surface area contributed by atoms with Crippen LogP contribution >= 0.6 is 0 Å². The molecule has 1 amide bonds. The maximum Gasteiger partial charge on any atom is 0.226 e. The minimum Gasteiger partial charge on any atom is -0.384 e. The van der Waals surface area contributed by atoms with E-state index in [4.69, 9.17) is 5.73 Å². The van der Waals surface area contributed by atoms with Gasteiger partial charge in [-0.2, -0.15) is 0 Å². The summed E-state index contributed by atoms with van der Waals surface area (Å²) in [5, 5.41) is 0. The minimum atomic E-state index is 0.0173. The van der Waals surface area contributed by atoms with Gasteiger partial charge in [0.05, 0.1) is 6.54 Å². The Balaban J connectivity index is 1.60. The number of amides is 1. The van der Waals surface area contributed by atoms with Crippen molar-refractivity contribution in [1.29, 1.82) is 0 Å². The fraction of sp³-hybridized carbons (Fsp3) is 0.500. The number of carbonyl (C=O) groups is 1. The third-order valence-electron chi connectivity index (χ3n) is 5.64. The highest BCUT2D eigenvalue weighted by Gasteiger charge is 2.33. The molecule has 1 fully saturated rings. The largest absolute Gasteiger partial charge is 0.384 e. The number of hydrogen-bond donors (Lipinski definition) is 1. The van der Waals surface area contributed by atoms with Gasteiger partial charge in [-0.05, 0) is 37.4 Å². The zero-order valence-electron chi connectivity index (χ0n) is 17.1. The maximum absolute atomic E-state index is 13.2. The molecule has 0 spiro atoms. The Morgan fingerprint density at radius 3 is 2.71 bits per heavy atom. The van der Waals surface area contributed by atoms with Crippen LogP contribution in [0.2, 0.25) is 0 Å². The van der Waals surface area contributed by atoms with Gasteiger partial charge in [-0.15, -0.1) is 0 Å². The number of likely N-dealkylation sites (N-methyl/N-ethyl adjacent to an activating group) is 1. The molecular weight excluding hydrogens is 350 g/mol. The molecule has 1 aliphatic heterocycles. The molecule has 3 rings (SSSR count). The molecule has 1 aromatic carbocycles. The predicted octanol–water partition coefficient (Wildman–Crippen LogP) is 2.61. The molecule has 0 aliphatic carbocycles. The van der Waals surface area contributed by atoms with Crippen LogP contribution in [0.1, 0.15) is 31.7 Å². The summed E-state index contributed by atoms with van der Waals surface area (Å²) in [5.74, 6) is 1.81. The van der Waals surface area contributed by atoms with E-state index in [9.17, 15) is 4.79 Å². The highest BCUT2D eigenvalue weighted by Crippen LogP contribution is 2.24. The molecule has 2 aromatic rings. The molecule has 150 valence electrons. The molecule has 2 atom stereocenters. The quantitative estimate of drug-likeness (QED) is 0.798. The van der Waals surface area contributed by atoms with E-state index in [1.54, 1.807) is 12.3 Å². The Kier molecular flexibility index (Phi) is 6.62. The van der Waals surface area contributed by atoms with E-state index in [1.807, 2.05) is 23.1 Å². The summed E-state index contributed by atoms with van der Waals surface area (Å²) in [6.45, 7) is 6.49. The van der Waals surface area contributed by atoms with Gasteiger partial charge in [0.15, 0.2) is 0 Å². The van der Waals surface area contributed by atoms with Crippen LogP contribution in [0, 0.1) is 11.8 Å². The number of hydrogen-bond acceptors (Lipinski definition) is 5. The number of rotatable bonds is 7. The molecule has 2 heterocycles. The van der Waals surface area contributed by atoms with E-state index in [0.29, 0.717) is 24.3 Å². The van der Waals surface area contributed by atoms with Crippen LogP contribution in [-0.2, 0) is 17.8 Å². The van der Waals surface area contributed by atoms with Crippen molar-refractivity contribution < 1.29 is 4.79 Å². The smallest absolute Gasteiger partial charge is 0.226 e. The van der Waals surface area contributed by atoms with Crippen LogP contribution in [0.5, 0.6) is 0 Å². The molecule has 6 heteroatoms. The number of likely N-dealkylation sites (tertiary alicyclic amines) is 1. The van der Waals surface area contributed by atoms with Gasteiger partial charge < -0.3 is 10.6 Å². The van der Waals surface area contributed by atoms with Crippen molar-refractivity contribution in [3.8, 4) is 0 Å². The van der Waals surface area contributed by atoms with E-state index in [1.165, 1.54) is 5.56 Å². The zero-order chi connectivity index (χ0) is 20.1. The van der Waals surface area contributed by atoms with Gasteiger partial charge in [0.2, 0.25) is 5.91 Å². The average molecular weight is 382 g/mol. The first-order valence-corrected chi connectivity index (χ1v) is 10.0. The Hall–Kier alpha value is -2.47. The zero-order valence-corrected chi connectivity index (χ0v) is 17.1. The molecule has 2 N–H and O–H groups in total. The minimum absolute atomic E-state index is 0.0173. The molecule has 0 saturated carbocycles. The van der Waals surface area contributed by atoms with E-state index in [0.717, 1.165) is 31.8 Å². The standard InChI is InChI=1S/C22H31N5O/c1-16(2)19(13-17-7-5-4-6-8-17)22(28)27-12-10-18(14-27)26(3)15-21-24-11-9-20(23)25-21/h4-9,11,16,18-19H,10,12-15H2,1-3H3,(H2,23,24,25)/t18-,19+/m1/s1. The SMILES string of the molecule is CC(C)[C@H](Cc1ccccc1)C(=O)N1CC[C@@H](N(C)Cc2nccc(N)n2)C1. The Bertz CT molecular complexity index is 780. The Labute approximate surface area is 167 Å². The first-order chi connectivity index (χ1) is 13.4. The summed E-state index contributed by atoms with van der Waals surface area (Å²) in [5.41, 5.74) is 6.98. The van der Waals surface area contributed by atoms with E-state index >= 15 is 0 Å². The molecule has 1 aromatic heterocycles. The first-order valence-electron chi connectivity index (χ1n) is 10.0. The fourth-order valence-electron chi connectivity index (χ4n) is 3.86. The van der Waals surface area contributed by atoms with E-state index in [-0.39, 0.29) is 11.8 Å². The van der Waals surface area contributed by atoms with Crippen LogP contribution < -0.4 is 5.73 Å². The van der Waals surface area contributed by atoms with Crippen molar-refractivity contribution in [3.05, 3.63) is 54.0 Å². The second-order valence-electron chi connectivity index (χ2n) is 8.08. The van der Waals surface area contributed by atoms with Crippen molar-refractivity contribution in [2.45, 2.75) is 39.3 Å². The van der Waals surface area contributed by atoms with Crippen molar-refractivity contribution in [2.75, 3.05) is 25.9 Å². The summed E-state index contributed by atoms with van der Waals surface area (Å²) in [7, 11) is 2.06. The van der Waals surface area contributed by atoms with E-state index in [2.05, 4.69) is 47.9 Å². The van der Waals surface area contributed by atoms with Crippen molar-refractivity contribution >= 4 is 11.7 Å². The summed E-state index contributed by atoms with van der Waals surface area (Å²) >= 11 is 0. The third kappa shape index (κ3) is 5.07. The van der Waals surface area contributed by atoms with Gasteiger partial charge in [0, 0.05) is 31.2 Å². The number of nitrogen functional groups attached to an aromatic ring is 1. The first kappa shape index (κ1) is 20.3. The number of nitrogens with two attached hydrogens (primary N) is 1. The lowest BCUT2D eigenvalue weighted by Crippen LogP contribution is -2.40. The molecule has 1 saturated heterocycles. The van der Waals surface area contributed by atoms with Crippen LogP contribution in [0.25, 0.3) is 0 Å². The van der Waals surface area contributed by atoms with Gasteiger partial charge in [-0.25, -0.2) is 9.97 Å². The summed E-state index contributed by atoms with van der Waals surface area (Å²) in [6, 6.07) is 12.3. The lowest BCUT2D eigenvalue weighted by Gasteiger charge is -2.28. The van der Waals surface area contributed by atoms with Gasteiger partial charge in [-0.3, -0.25) is 9.69 Å².